The van der Waals surface area contributed by atoms with Crippen LogP contribution in [0.5, 0.6) is 5.75 Å². The van der Waals surface area contributed by atoms with Crippen molar-refractivity contribution in [2.45, 2.75) is 13.8 Å². The van der Waals surface area contributed by atoms with Crippen LogP contribution < -0.4 is 10.1 Å². The zero-order chi connectivity index (χ0) is 14.7. The Morgan fingerprint density at radius 3 is 2.55 bits per heavy atom. The number of aromatic nitrogens is 2. The summed E-state index contributed by atoms with van der Waals surface area (Å²) in [5.74, 6) is 0.473. The molecule has 0 saturated heterocycles. The molecule has 0 unspecified atom stereocenters. The highest BCUT2D eigenvalue weighted by Gasteiger charge is 2.09. The van der Waals surface area contributed by atoms with Gasteiger partial charge in [0.05, 0.1) is 5.69 Å². The number of ether oxygens (including phenoxy) is 1. The minimum Gasteiger partial charge on any atom is -0.484 e. The van der Waals surface area contributed by atoms with Crippen molar-refractivity contribution in [2.75, 3.05) is 11.9 Å². The first-order chi connectivity index (χ1) is 9.44. The summed E-state index contributed by atoms with van der Waals surface area (Å²) in [6.45, 7) is 3.95. The third kappa shape index (κ3) is 3.84. The van der Waals surface area contributed by atoms with Crippen LogP contribution in [0, 0.1) is 13.8 Å². The van der Waals surface area contributed by atoms with Crippen LogP contribution in [0.4, 0.5) is 5.69 Å². The summed E-state index contributed by atoms with van der Waals surface area (Å²) in [6.07, 6.45) is 1.72. The largest absolute Gasteiger partial charge is 0.484 e. The first kappa shape index (κ1) is 14.6. The van der Waals surface area contributed by atoms with Crippen LogP contribution in [0.2, 0.25) is 0 Å². The van der Waals surface area contributed by atoms with Crippen molar-refractivity contribution in [1.29, 1.82) is 0 Å². The number of aryl methyl sites for hydroxylation is 3. The zero-order valence-electron chi connectivity index (χ0n) is 11.6. The maximum Gasteiger partial charge on any atom is 0.262 e. The van der Waals surface area contributed by atoms with E-state index in [1.54, 1.807) is 17.9 Å². The predicted molar refractivity (Wildman–Crippen MR) is 80.9 cm³/mol. The van der Waals surface area contributed by atoms with Gasteiger partial charge in [-0.25, -0.2) is 0 Å². The summed E-state index contributed by atoms with van der Waals surface area (Å²) in [5.41, 5.74) is 2.84. The summed E-state index contributed by atoms with van der Waals surface area (Å²) in [6, 6.07) is 5.86. The fraction of sp³-hybridized carbons (Fsp3) is 0.286. The molecule has 0 atom stereocenters. The maximum atomic E-state index is 11.8. The molecule has 5 nitrogen and oxygen atoms in total. The minimum absolute atomic E-state index is 0.0375. The second-order valence-corrected chi connectivity index (χ2v) is 5.42. The summed E-state index contributed by atoms with van der Waals surface area (Å²) in [7, 11) is 1.78. The Kier molecular flexibility index (Phi) is 4.44. The quantitative estimate of drug-likeness (QED) is 0.933. The molecule has 0 radical (unpaired) electrons. The molecule has 0 spiro atoms. The molecule has 1 aromatic carbocycles. The molecular weight excluding hydrogens is 322 g/mol. The normalized spacial score (nSPS) is 10.4. The fourth-order valence-electron chi connectivity index (χ4n) is 1.90. The van der Waals surface area contributed by atoms with Gasteiger partial charge in [0, 0.05) is 13.2 Å². The first-order valence-corrected chi connectivity index (χ1v) is 6.93. The van der Waals surface area contributed by atoms with E-state index in [9.17, 15) is 4.79 Å². The monoisotopic (exact) mass is 337 g/mol. The van der Waals surface area contributed by atoms with E-state index in [-0.39, 0.29) is 12.5 Å². The Labute approximate surface area is 126 Å². The third-order valence-electron chi connectivity index (χ3n) is 2.62. The van der Waals surface area contributed by atoms with Crippen LogP contribution in [-0.4, -0.2) is 22.3 Å². The highest BCUT2D eigenvalue weighted by atomic mass is 79.9. The van der Waals surface area contributed by atoms with Crippen LogP contribution in [0.3, 0.4) is 0 Å². The molecule has 0 aliphatic rings. The molecule has 0 aliphatic heterocycles. The molecule has 1 N–H and O–H groups in total. The maximum absolute atomic E-state index is 11.8. The number of nitrogens with one attached hydrogen (secondary N) is 1. The summed E-state index contributed by atoms with van der Waals surface area (Å²) in [5, 5.41) is 6.82. The number of halogens is 1. The van der Waals surface area contributed by atoms with E-state index in [2.05, 4.69) is 32.4 Å². The van der Waals surface area contributed by atoms with E-state index in [1.165, 1.54) is 0 Å². The fourth-order valence-corrected chi connectivity index (χ4v) is 2.35. The molecule has 106 valence electrons. The van der Waals surface area contributed by atoms with Crippen molar-refractivity contribution < 1.29 is 9.53 Å². The lowest BCUT2D eigenvalue weighted by Gasteiger charge is -2.08. The average Bonchev–Trinajstić information content (AvgIpc) is 2.64. The van der Waals surface area contributed by atoms with Gasteiger partial charge in [0.1, 0.15) is 5.75 Å². The van der Waals surface area contributed by atoms with E-state index in [0.717, 1.165) is 11.1 Å². The molecule has 6 heteroatoms. The molecule has 0 aliphatic carbocycles. The molecule has 0 fully saturated rings. The summed E-state index contributed by atoms with van der Waals surface area (Å²) < 4.78 is 7.71. The van der Waals surface area contributed by atoms with Gasteiger partial charge in [-0.1, -0.05) is 6.07 Å². The van der Waals surface area contributed by atoms with Crippen molar-refractivity contribution in [3.05, 3.63) is 40.1 Å². The van der Waals surface area contributed by atoms with E-state index in [0.29, 0.717) is 16.0 Å². The number of benzene rings is 1. The van der Waals surface area contributed by atoms with Crippen molar-refractivity contribution in [3.63, 3.8) is 0 Å². The molecule has 20 heavy (non-hydrogen) atoms. The Hall–Kier alpha value is -1.82. The number of anilines is 1. The number of amides is 1. The van der Waals surface area contributed by atoms with Gasteiger partial charge in [0.2, 0.25) is 0 Å². The molecule has 2 aromatic rings. The lowest BCUT2D eigenvalue weighted by atomic mass is 10.1. The highest BCUT2D eigenvalue weighted by Crippen LogP contribution is 2.19. The van der Waals surface area contributed by atoms with E-state index in [1.807, 2.05) is 26.0 Å². The first-order valence-electron chi connectivity index (χ1n) is 6.14. The van der Waals surface area contributed by atoms with Gasteiger partial charge in [-0.05, 0) is 53.0 Å². The van der Waals surface area contributed by atoms with Gasteiger partial charge >= 0.3 is 0 Å². The Bertz CT molecular complexity index is 617. The van der Waals surface area contributed by atoms with E-state index < -0.39 is 0 Å². The van der Waals surface area contributed by atoms with E-state index >= 15 is 0 Å². The third-order valence-corrected chi connectivity index (χ3v) is 3.21. The average molecular weight is 338 g/mol. The number of carbonyl (C=O) groups is 1. The number of hydrogen-bond donors (Lipinski definition) is 1. The SMILES string of the molecule is Cc1cc(C)cc(OCC(=O)Nc2cn(C)nc2Br)c1. The Morgan fingerprint density at radius 2 is 2.00 bits per heavy atom. The van der Waals surface area contributed by atoms with Gasteiger partial charge in [-0.2, -0.15) is 5.10 Å². The number of nitrogens with zero attached hydrogens (tertiary/aromatic N) is 2. The predicted octanol–water partition coefficient (Wildman–Crippen LogP) is 2.82. The molecule has 1 amide bonds. The molecule has 2 rings (SSSR count). The Morgan fingerprint density at radius 1 is 1.35 bits per heavy atom. The van der Waals surface area contributed by atoms with Crippen LogP contribution in [0.1, 0.15) is 11.1 Å². The van der Waals surface area contributed by atoms with Crippen LogP contribution >= 0.6 is 15.9 Å². The number of carbonyl (C=O) groups excluding carboxylic acids is 1. The van der Waals surface area contributed by atoms with Gasteiger partial charge in [0.15, 0.2) is 11.2 Å². The standard InChI is InChI=1S/C14H16BrN3O2/c1-9-4-10(2)6-11(5-9)20-8-13(19)16-12-7-18(3)17-14(12)15/h4-7H,8H2,1-3H3,(H,16,19). The van der Waals surface area contributed by atoms with Crippen molar-refractivity contribution >= 4 is 27.5 Å². The van der Waals surface area contributed by atoms with E-state index in [4.69, 9.17) is 4.74 Å². The topological polar surface area (TPSA) is 56.1 Å². The molecule has 1 heterocycles. The second kappa shape index (κ2) is 6.09. The minimum atomic E-state index is -0.224. The van der Waals surface area contributed by atoms with Crippen molar-refractivity contribution in [2.24, 2.45) is 7.05 Å². The van der Waals surface area contributed by atoms with Crippen molar-refractivity contribution in [3.8, 4) is 5.75 Å². The smallest absolute Gasteiger partial charge is 0.262 e. The van der Waals surface area contributed by atoms with Gasteiger partial charge in [-0.15, -0.1) is 0 Å². The molecule has 0 bridgehead atoms. The van der Waals surface area contributed by atoms with Crippen LogP contribution in [-0.2, 0) is 11.8 Å². The zero-order valence-corrected chi connectivity index (χ0v) is 13.2. The van der Waals surface area contributed by atoms with Crippen molar-refractivity contribution in [1.82, 2.24) is 9.78 Å². The van der Waals surface area contributed by atoms with Gasteiger partial charge in [0.25, 0.3) is 5.91 Å². The number of rotatable bonds is 4. The Balaban J connectivity index is 1.93. The molecule has 1 aromatic heterocycles. The van der Waals surface area contributed by atoms with Gasteiger partial charge in [-0.3, -0.25) is 9.48 Å². The van der Waals surface area contributed by atoms with Gasteiger partial charge < -0.3 is 10.1 Å². The summed E-state index contributed by atoms with van der Waals surface area (Å²) >= 11 is 3.27. The second-order valence-electron chi connectivity index (χ2n) is 4.67. The lowest BCUT2D eigenvalue weighted by Crippen LogP contribution is -2.20. The highest BCUT2D eigenvalue weighted by molar-refractivity contribution is 9.10. The summed E-state index contributed by atoms with van der Waals surface area (Å²) in [4.78, 5) is 11.8. The van der Waals surface area contributed by atoms with Crippen LogP contribution in [0.15, 0.2) is 29.0 Å². The number of hydrogen-bond acceptors (Lipinski definition) is 3. The molecule has 0 saturated carbocycles. The molecular formula is C14H16BrN3O2. The lowest BCUT2D eigenvalue weighted by molar-refractivity contribution is -0.118. The van der Waals surface area contributed by atoms with Crippen LogP contribution in [0.25, 0.3) is 0 Å².